The number of aromatic hydroxyl groups is 1. The summed E-state index contributed by atoms with van der Waals surface area (Å²) in [6.07, 6.45) is 1.52. The second-order valence-electron chi connectivity index (χ2n) is 4.06. The molecule has 0 unspecified atom stereocenters. The average molecular weight is 276 g/mol. The van der Waals surface area contributed by atoms with Crippen LogP contribution in [0.1, 0.15) is 31.7 Å². The van der Waals surface area contributed by atoms with Crippen molar-refractivity contribution in [3.05, 3.63) is 40.4 Å². The minimum Gasteiger partial charge on any atom is -0.508 e. The molecule has 0 saturated carbocycles. The number of nitrogens with one attached hydrogen (secondary N) is 1. The molecular weight excluding hydrogens is 260 g/mol. The summed E-state index contributed by atoms with van der Waals surface area (Å²) in [7, 11) is 0. The maximum absolute atomic E-state index is 9.32. The van der Waals surface area contributed by atoms with E-state index in [1.54, 1.807) is 16.8 Å². The Kier molecular flexibility index (Phi) is 4.11. The van der Waals surface area contributed by atoms with E-state index >= 15 is 0 Å². The summed E-state index contributed by atoms with van der Waals surface area (Å²) >= 11 is 5.17. The van der Waals surface area contributed by atoms with E-state index in [1.165, 1.54) is 0 Å². The fraction of sp³-hybridized carbons (Fsp3) is 0.308. The number of H-pyrrole nitrogens is 1. The highest BCUT2D eigenvalue weighted by molar-refractivity contribution is 7.71. The molecule has 0 fully saturated rings. The smallest absolute Gasteiger partial charge is 0.216 e. The molecule has 100 valence electrons. The molecule has 0 bridgehead atoms. The normalized spacial score (nSPS) is 11.8. The fourth-order valence-electron chi connectivity index (χ4n) is 1.76. The topological polar surface area (TPSA) is 66.2 Å². The van der Waals surface area contributed by atoms with E-state index in [4.69, 9.17) is 12.2 Å². The number of nitrogens with zero attached hydrogens (tertiary/aromatic N) is 3. The summed E-state index contributed by atoms with van der Waals surface area (Å²) in [6.45, 7) is 4.03. The van der Waals surface area contributed by atoms with E-state index < -0.39 is 0 Å². The number of aryl methyl sites for hydroxylation is 1. The Hall–Kier alpha value is -1.95. The highest BCUT2D eigenvalue weighted by Crippen LogP contribution is 2.13. The fourth-order valence-corrected chi connectivity index (χ4v) is 1.96. The second-order valence-corrected chi connectivity index (χ2v) is 4.44. The molecule has 1 heterocycles. The van der Waals surface area contributed by atoms with Crippen molar-refractivity contribution < 1.29 is 5.11 Å². The Morgan fingerprint density at radius 2 is 2.05 bits per heavy atom. The quantitative estimate of drug-likeness (QED) is 0.666. The van der Waals surface area contributed by atoms with Crippen LogP contribution in [0, 0.1) is 4.77 Å². The maximum Gasteiger partial charge on any atom is 0.216 e. The van der Waals surface area contributed by atoms with Gasteiger partial charge in [-0.3, -0.25) is 5.10 Å². The molecule has 0 saturated heterocycles. The van der Waals surface area contributed by atoms with Gasteiger partial charge in [0.2, 0.25) is 4.77 Å². The van der Waals surface area contributed by atoms with Crippen molar-refractivity contribution in [2.24, 2.45) is 5.10 Å². The van der Waals surface area contributed by atoms with Gasteiger partial charge >= 0.3 is 0 Å². The van der Waals surface area contributed by atoms with E-state index in [-0.39, 0.29) is 5.75 Å². The third-order valence-corrected chi connectivity index (χ3v) is 3.05. The van der Waals surface area contributed by atoms with Gasteiger partial charge in [0, 0.05) is 6.42 Å². The lowest BCUT2D eigenvalue weighted by molar-refractivity contribution is 0.475. The Bertz CT molecular complexity index is 639. The van der Waals surface area contributed by atoms with Crippen molar-refractivity contribution in [3.63, 3.8) is 0 Å². The standard InChI is InChI=1S/C13H16N4OS/c1-3-11(9-5-7-10(18)8-6-9)16-17-12(4-2)14-15-13(17)19/h5-8,18H,3-4H2,1-2H3,(H,15,19)/b16-11+. The number of phenols is 1. The zero-order chi connectivity index (χ0) is 13.8. The summed E-state index contributed by atoms with van der Waals surface area (Å²) in [6, 6.07) is 6.98. The van der Waals surface area contributed by atoms with Crippen molar-refractivity contribution in [1.82, 2.24) is 14.9 Å². The Morgan fingerprint density at radius 1 is 1.37 bits per heavy atom. The van der Waals surface area contributed by atoms with Crippen LogP contribution in [0.4, 0.5) is 0 Å². The molecule has 2 aromatic rings. The number of hydrogen-bond acceptors (Lipinski definition) is 4. The molecule has 5 nitrogen and oxygen atoms in total. The van der Waals surface area contributed by atoms with Crippen molar-refractivity contribution >= 4 is 17.9 Å². The van der Waals surface area contributed by atoms with E-state index in [9.17, 15) is 5.11 Å². The largest absolute Gasteiger partial charge is 0.508 e. The van der Waals surface area contributed by atoms with E-state index in [0.29, 0.717) is 4.77 Å². The lowest BCUT2D eigenvalue weighted by Crippen LogP contribution is -2.05. The lowest BCUT2D eigenvalue weighted by atomic mass is 10.1. The molecule has 1 aromatic carbocycles. The van der Waals surface area contributed by atoms with Crippen molar-refractivity contribution in [3.8, 4) is 5.75 Å². The highest BCUT2D eigenvalue weighted by Gasteiger charge is 2.06. The van der Waals surface area contributed by atoms with E-state index in [0.717, 1.165) is 29.9 Å². The molecule has 2 N–H and O–H groups in total. The molecule has 0 aliphatic heterocycles. The van der Waals surface area contributed by atoms with Gasteiger partial charge in [0.25, 0.3) is 0 Å². The van der Waals surface area contributed by atoms with Gasteiger partial charge in [-0.05, 0) is 48.5 Å². The third-order valence-electron chi connectivity index (χ3n) is 2.79. The van der Waals surface area contributed by atoms with E-state index in [1.807, 2.05) is 26.0 Å². The minimum absolute atomic E-state index is 0.244. The summed E-state index contributed by atoms with van der Waals surface area (Å²) in [5.74, 6) is 1.04. The van der Waals surface area contributed by atoms with Gasteiger partial charge in [0.15, 0.2) is 5.82 Å². The number of rotatable bonds is 4. The van der Waals surface area contributed by atoms with Crippen LogP contribution in [0.25, 0.3) is 0 Å². The molecular formula is C13H16N4OS. The maximum atomic E-state index is 9.32. The minimum atomic E-state index is 0.244. The zero-order valence-electron chi connectivity index (χ0n) is 10.9. The van der Waals surface area contributed by atoms with Crippen LogP contribution in [0.3, 0.4) is 0 Å². The Balaban J connectivity index is 2.46. The zero-order valence-corrected chi connectivity index (χ0v) is 11.7. The van der Waals surface area contributed by atoms with Crippen molar-refractivity contribution in [2.75, 3.05) is 0 Å². The number of hydrogen-bond donors (Lipinski definition) is 2. The SMILES string of the molecule is CC/C(=N\n1c(CC)n[nH]c1=S)c1ccc(O)cc1. The first-order valence-corrected chi connectivity index (χ1v) is 6.60. The lowest BCUT2D eigenvalue weighted by Gasteiger charge is -2.05. The Labute approximate surface area is 116 Å². The van der Waals surface area contributed by atoms with Crippen LogP contribution < -0.4 is 0 Å². The van der Waals surface area contributed by atoms with Crippen LogP contribution in [-0.2, 0) is 6.42 Å². The molecule has 0 aliphatic carbocycles. The van der Waals surface area contributed by atoms with Crippen LogP contribution in [0.15, 0.2) is 29.4 Å². The summed E-state index contributed by atoms with van der Waals surface area (Å²) in [4.78, 5) is 0. The van der Waals surface area contributed by atoms with E-state index in [2.05, 4.69) is 15.3 Å². The van der Waals surface area contributed by atoms with Crippen molar-refractivity contribution in [1.29, 1.82) is 0 Å². The van der Waals surface area contributed by atoms with Gasteiger partial charge < -0.3 is 5.11 Å². The summed E-state index contributed by atoms with van der Waals surface area (Å²) < 4.78 is 2.14. The van der Waals surface area contributed by atoms with Gasteiger partial charge in [-0.1, -0.05) is 13.8 Å². The van der Waals surface area contributed by atoms with Crippen LogP contribution in [0.2, 0.25) is 0 Å². The first-order chi connectivity index (χ1) is 9.15. The number of phenolic OH excluding ortho intramolecular Hbond substituents is 1. The number of benzene rings is 1. The molecule has 6 heteroatoms. The summed E-state index contributed by atoms with van der Waals surface area (Å²) in [5, 5.41) is 20.8. The molecule has 19 heavy (non-hydrogen) atoms. The van der Waals surface area contributed by atoms with Gasteiger partial charge in [-0.2, -0.15) is 14.9 Å². The summed E-state index contributed by atoms with van der Waals surface area (Å²) in [5.41, 5.74) is 1.86. The molecule has 0 aliphatic rings. The third kappa shape index (κ3) is 2.90. The molecule has 0 spiro atoms. The molecule has 0 atom stereocenters. The van der Waals surface area contributed by atoms with Gasteiger partial charge in [-0.25, -0.2) is 0 Å². The predicted molar refractivity (Wildman–Crippen MR) is 77.1 cm³/mol. The molecule has 1 aromatic heterocycles. The van der Waals surface area contributed by atoms with Crippen LogP contribution in [-0.4, -0.2) is 25.7 Å². The van der Waals surface area contributed by atoms with Crippen LogP contribution >= 0.6 is 12.2 Å². The monoisotopic (exact) mass is 276 g/mol. The molecule has 2 rings (SSSR count). The number of aromatic amines is 1. The number of aromatic nitrogens is 3. The van der Waals surface area contributed by atoms with Gasteiger partial charge in [-0.15, -0.1) is 0 Å². The predicted octanol–water partition coefficient (Wildman–Crippen LogP) is 2.87. The second kappa shape index (κ2) is 5.79. The molecule has 0 radical (unpaired) electrons. The van der Waals surface area contributed by atoms with Crippen LogP contribution in [0.5, 0.6) is 5.75 Å². The average Bonchev–Trinajstić information content (AvgIpc) is 2.78. The first-order valence-electron chi connectivity index (χ1n) is 6.19. The van der Waals surface area contributed by atoms with Crippen molar-refractivity contribution in [2.45, 2.75) is 26.7 Å². The highest BCUT2D eigenvalue weighted by atomic mass is 32.1. The van der Waals surface area contributed by atoms with Gasteiger partial charge in [0.1, 0.15) is 5.75 Å². The first kappa shape index (κ1) is 13.5. The van der Waals surface area contributed by atoms with Gasteiger partial charge in [0.05, 0.1) is 5.71 Å². The Morgan fingerprint density at radius 3 is 2.63 bits per heavy atom. The molecule has 0 amide bonds.